The van der Waals surface area contributed by atoms with Crippen molar-refractivity contribution in [3.05, 3.63) is 107 Å². The maximum atomic E-state index is 2.34. The summed E-state index contributed by atoms with van der Waals surface area (Å²) < 4.78 is 1.34. The smallest absolute Gasteiger partial charge is 0.0355 e. The van der Waals surface area contributed by atoms with Gasteiger partial charge in [-0.15, -0.1) is 11.3 Å². The maximum absolute atomic E-state index is 2.34. The average molecular weight is 401 g/mol. The van der Waals surface area contributed by atoms with Gasteiger partial charge >= 0.3 is 0 Å². The fourth-order valence-electron chi connectivity index (χ4n) is 4.31. The van der Waals surface area contributed by atoms with Crippen LogP contribution in [0.15, 0.2) is 91.0 Å². The van der Waals surface area contributed by atoms with Crippen molar-refractivity contribution >= 4 is 65.9 Å². The van der Waals surface area contributed by atoms with E-state index >= 15 is 0 Å². The standard InChI is InChI=1S/C29H20S/c1-19-6-8-20(9-7-19)10-12-24-18-28-26-13-11-23-16-21-4-2-3-5-22(21)17-27(23)25(26)14-15-29(28)30-24/h2-18H,1H3/b12-10+. The van der Waals surface area contributed by atoms with Gasteiger partial charge in [-0.1, -0.05) is 78.4 Å². The van der Waals surface area contributed by atoms with Gasteiger partial charge in [0.2, 0.25) is 0 Å². The van der Waals surface area contributed by atoms with Crippen molar-refractivity contribution in [1.82, 2.24) is 0 Å². The summed E-state index contributed by atoms with van der Waals surface area (Å²) in [4.78, 5) is 1.29. The number of hydrogen-bond donors (Lipinski definition) is 0. The van der Waals surface area contributed by atoms with Crippen LogP contribution in [0.25, 0.3) is 54.6 Å². The minimum absolute atomic E-state index is 1.24. The molecule has 142 valence electrons. The van der Waals surface area contributed by atoms with E-state index in [4.69, 9.17) is 0 Å². The maximum Gasteiger partial charge on any atom is 0.0355 e. The molecule has 30 heavy (non-hydrogen) atoms. The molecule has 0 radical (unpaired) electrons. The summed E-state index contributed by atoms with van der Waals surface area (Å²) in [5.41, 5.74) is 2.53. The van der Waals surface area contributed by atoms with Crippen LogP contribution < -0.4 is 0 Å². The summed E-state index contributed by atoms with van der Waals surface area (Å²) in [6, 6.07) is 33.4. The molecule has 0 amide bonds. The van der Waals surface area contributed by atoms with Crippen LogP contribution in [0.2, 0.25) is 0 Å². The van der Waals surface area contributed by atoms with E-state index in [2.05, 4.69) is 110 Å². The Balaban J connectivity index is 1.51. The molecule has 0 saturated heterocycles. The van der Waals surface area contributed by atoms with E-state index < -0.39 is 0 Å². The van der Waals surface area contributed by atoms with Crippen LogP contribution in [0.1, 0.15) is 16.0 Å². The van der Waals surface area contributed by atoms with Crippen molar-refractivity contribution in [2.45, 2.75) is 6.92 Å². The Morgan fingerprint density at radius 1 is 0.567 bits per heavy atom. The summed E-state index contributed by atoms with van der Waals surface area (Å²) in [5.74, 6) is 0. The molecule has 0 aliphatic rings. The van der Waals surface area contributed by atoms with E-state index in [1.807, 2.05) is 11.3 Å². The van der Waals surface area contributed by atoms with Crippen molar-refractivity contribution in [1.29, 1.82) is 0 Å². The van der Waals surface area contributed by atoms with E-state index in [1.54, 1.807) is 0 Å². The van der Waals surface area contributed by atoms with E-state index in [9.17, 15) is 0 Å². The normalized spacial score (nSPS) is 12.0. The van der Waals surface area contributed by atoms with Gasteiger partial charge in [0, 0.05) is 15.0 Å². The molecule has 1 aromatic heterocycles. The van der Waals surface area contributed by atoms with Gasteiger partial charge in [-0.2, -0.15) is 0 Å². The Bertz CT molecular complexity index is 1580. The topological polar surface area (TPSA) is 0 Å². The van der Waals surface area contributed by atoms with Crippen LogP contribution in [0, 0.1) is 6.92 Å². The average Bonchev–Trinajstić information content (AvgIpc) is 3.20. The zero-order chi connectivity index (χ0) is 20.1. The molecular formula is C29H20S. The number of rotatable bonds is 2. The Morgan fingerprint density at radius 3 is 2.13 bits per heavy atom. The zero-order valence-corrected chi connectivity index (χ0v) is 17.5. The minimum atomic E-state index is 1.24. The van der Waals surface area contributed by atoms with E-state index in [0.29, 0.717) is 0 Å². The molecule has 0 atom stereocenters. The summed E-state index contributed by atoms with van der Waals surface area (Å²) in [5, 5.41) is 9.23. The molecule has 0 aliphatic carbocycles. The molecule has 6 aromatic rings. The van der Waals surface area contributed by atoms with Gasteiger partial charge in [-0.05, 0) is 75.1 Å². The second kappa shape index (κ2) is 6.83. The summed E-state index contributed by atoms with van der Waals surface area (Å²) in [6.45, 7) is 2.12. The first-order chi connectivity index (χ1) is 14.7. The summed E-state index contributed by atoms with van der Waals surface area (Å²) in [7, 11) is 0. The number of fused-ring (bicyclic) bond motifs is 6. The highest BCUT2D eigenvalue weighted by molar-refractivity contribution is 7.20. The molecule has 0 saturated carbocycles. The minimum Gasteiger partial charge on any atom is -0.136 e. The molecule has 0 aliphatic heterocycles. The Kier molecular flexibility index (Phi) is 3.97. The molecule has 6 rings (SSSR count). The summed E-state index contributed by atoms with van der Waals surface area (Å²) in [6.07, 6.45) is 4.43. The highest BCUT2D eigenvalue weighted by atomic mass is 32.1. The predicted molar refractivity (Wildman–Crippen MR) is 134 cm³/mol. The van der Waals surface area contributed by atoms with Gasteiger partial charge < -0.3 is 0 Å². The molecule has 0 bridgehead atoms. The van der Waals surface area contributed by atoms with Crippen molar-refractivity contribution in [3.63, 3.8) is 0 Å². The molecule has 0 N–H and O–H groups in total. The monoisotopic (exact) mass is 400 g/mol. The number of benzene rings is 5. The van der Waals surface area contributed by atoms with Crippen molar-refractivity contribution in [2.75, 3.05) is 0 Å². The lowest BCUT2D eigenvalue weighted by Gasteiger charge is -2.07. The third-order valence-electron chi connectivity index (χ3n) is 5.92. The Hall–Kier alpha value is -3.42. The first-order valence-electron chi connectivity index (χ1n) is 10.3. The third-order valence-corrected chi connectivity index (χ3v) is 6.98. The molecule has 1 heteroatoms. The van der Waals surface area contributed by atoms with E-state index in [-0.39, 0.29) is 0 Å². The lowest BCUT2D eigenvalue weighted by Crippen LogP contribution is -1.80. The number of aryl methyl sites for hydroxylation is 1. The van der Waals surface area contributed by atoms with Gasteiger partial charge in [0.25, 0.3) is 0 Å². The van der Waals surface area contributed by atoms with Gasteiger partial charge in [0.1, 0.15) is 0 Å². The quantitative estimate of drug-likeness (QED) is 0.201. The van der Waals surface area contributed by atoms with E-state index in [1.165, 1.54) is 58.4 Å². The first kappa shape index (κ1) is 17.4. The molecular weight excluding hydrogens is 380 g/mol. The lowest BCUT2D eigenvalue weighted by molar-refractivity contribution is 1.46. The Morgan fingerprint density at radius 2 is 1.30 bits per heavy atom. The van der Waals surface area contributed by atoms with Crippen molar-refractivity contribution in [3.8, 4) is 0 Å². The predicted octanol–water partition coefficient (Wildman–Crippen LogP) is 8.84. The summed E-state index contributed by atoms with van der Waals surface area (Å²) >= 11 is 1.86. The van der Waals surface area contributed by atoms with Gasteiger partial charge in [-0.3, -0.25) is 0 Å². The fraction of sp³-hybridized carbons (Fsp3) is 0.0345. The second-order valence-corrected chi connectivity index (χ2v) is 9.07. The zero-order valence-electron chi connectivity index (χ0n) is 16.7. The number of thiophene rings is 1. The van der Waals surface area contributed by atoms with Crippen LogP contribution in [-0.4, -0.2) is 0 Å². The third kappa shape index (κ3) is 2.91. The second-order valence-electron chi connectivity index (χ2n) is 7.95. The Labute approximate surface area is 179 Å². The fourth-order valence-corrected chi connectivity index (χ4v) is 5.29. The highest BCUT2D eigenvalue weighted by Crippen LogP contribution is 2.37. The van der Waals surface area contributed by atoms with Gasteiger partial charge in [0.05, 0.1) is 0 Å². The molecule has 5 aromatic carbocycles. The first-order valence-corrected chi connectivity index (χ1v) is 11.1. The largest absolute Gasteiger partial charge is 0.136 e. The van der Waals surface area contributed by atoms with Gasteiger partial charge in [-0.25, -0.2) is 0 Å². The van der Waals surface area contributed by atoms with Crippen LogP contribution in [0.4, 0.5) is 0 Å². The molecule has 0 spiro atoms. The van der Waals surface area contributed by atoms with E-state index in [0.717, 1.165) is 0 Å². The van der Waals surface area contributed by atoms with Crippen LogP contribution in [0.5, 0.6) is 0 Å². The van der Waals surface area contributed by atoms with Crippen molar-refractivity contribution < 1.29 is 0 Å². The highest BCUT2D eigenvalue weighted by Gasteiger charge is 2.08. The molecule has 0 nitrogen and oxygen atoms in total. The van der Waals surface area contributed by atoms with Gasteiger partial charge in [0.15, 0.2) is 0 Å². The van der Waals surface area contributed by atoms with Crippen molar-refractivity contribution in [2.24, 2.45) is 0 Å². The molecule has 0 fully saturated rings. The molecule has 0 unspecified atom stereocenters. The lowest BCUT2D eigenvalue weighted by atomic mass is 9.97. The molecule has 1 heterocycles. The van der Waals surface area contributed by atoms with Crippen LogP contribution in [-0.2, 0) is 0 Å². The van der Waals surface area contributed by atoms with Crippen LogP contribution >= 0.6 is 11.3 Å². The number of hydrogen-bond acceptors (Lipinski definition) is 1. The SMILES string of the molecule is Cc1ccc(/C=C/c2cc3c(ccc4c5cc6ccccc6cc5ccc34)s2)cc1. The van der Waals surface area contributed by atoms with Crippen LogP contribution in [0.3, 0.4) is 0 Å².